The predicted molar refractivity (Wildman–Crippen MR) is 70.6 cm³/mol. The van der Waals surface area contributed by atoms with Gasteiger partial charge in [-0.2, -0.15) is 0 Å². The third-order valence-corrected chi connectivity index (χ3v) is 4.11. The minimum atomic E-state index is 0.156. The normalized spacial score (nSPS) is 22.2. The Balaban J connectivity index is 2.45. The molecule has 1 atom stereocenters. The molecule has 0 radical (unpaired) electrons. The Bertz CT molecular complexity index is 238. The molecule has 0 saturated carbocycles. The van der Waals surface area contributed by atoms with Gasteiger partial charge in [0, 0.05) is 23.9 Å². The smallest absolute Gasteiger partial charge is 0.232 e. The molecular weight excluding hydrogens is 220 g/mol. The van der Waals surface area contributed by atoms with Crippen LogP contribution in [0, 0.1) is 0 Å². The van der Waals surface area contributed by atoms with Crippen molar-refractivity contribution in [1.29, 1.82) is 0 Å². The van der Waals surface area contributed by atoms with Crippen molar-refractivity contribution in [2.75, 3.05) is 18.8 Å². The van der Waals surface area contributed by atoms with Gasteiger partial charge in [0.1, 0.15) is 0 Å². The van der Waals surface area contributed by atoms with Gasteiger partial charge in [0.15, 0.2) is 0 Å². The van der Waals surface area contributed by atoms with Gasteiger partial charge in [0.25, 0.3) is 0 Å². The molecule has 1 aliphatic rings. The number of amides is 1. The first-order valence-electron chi connectivity index (χ1n) is 6.07. The molecule has 0 aromatic heterocycles. The van der Waals surface area contributed by atoms with Crippen molar-refractivity contribution in [3.05, 3.63) is 0 Å². The Kier molecular flexibility index (Phi) is 5.12. The van der Waals surface area contributed by atoms with Gasteiger partial charge in [0.05, 0.1) is 5.75 Å². The minimum absolute atomic E-state index is 0.156. The maximum atomic E-state index is 12.1. The summed E-state index contributed by atoms with van der Waals surface area (Å²) in [6.45, 7) is 7.92. The van der Waals surface area contributed by atoms with Crippen molar-refractivity contribution in [2.45, 2.75) is 50.8 Å². The largest absolute Gasteiger partial charge is 0.338 e. The molecule has 16 heavy (non-hydrogen) atoms. The molecule has 1 unspecified atom stereocenters. The van der Waals surface area contributed by atoms with Crippen LogP contribution in [0.4, 0.5) is 0 Å². The van der Waals surface area contributed by atoms with Crippen LogP contribution in [0.15, 0.2) is 0 Å². The van der Waals surface area contributed by atoms with E-state index in [4.69, 9.17) is 5.73 Å². The van der Waals surface area contributed by atoms with E-state index >= 15 is 0 Å². The number of hydrogen-bond acceptors (Lipinski definition) is 3. The van der Waals surface area contributed by atoms with Crippen LogP contribution in [0.2, 0.25) is 0 Å². The summed E-state index contributed by atoms with van der Waals surface area (Å²) in [6.07, 6.45) is 3.41. The van der Waals surface area contributed by atoms with E-state index in [-0.39, 0.29) is 16.7 Å². The van der Waals surface area contributed by atoms with Crippen LogP contribution >= 0.6 is 11.8 Å². The van der Waals surface area contributed by atoms with Crippen molar-refractivity contribution in [1.82, 2.24) is 4.90 Å². The Morgan fingerprint density at radius 2 is 2.12 bits per heavy atom. The summed E-state index contributed by atoms with van der Waals surface area (Å²) in [4.78, 5) is 14.1. The number of rotatable bonds is 3. The molecule has 0 aliphatic carbocycles. The molecule has 0 bridgehead atoms. The first-order valence-corrected chi connectivity index (χ1v) is 7.06. The molecule has 0 aromatic carbocycles. The number of nitrogens with zero attached hydrogens (tertiary/aromatic N) is 1. The van der Waals surface area contributed by atoms with E-state index in [2.05, 4.69) is 20.8 Å². The highest BCUT2D eigenvalue weighted by molar-refractivity contribution is 8.01. The number of nitrogens with two attached hydrogens (primary N) is 1. The van der Waals surface area contributed by atoms with Crippen LogP contribution in [-0.4, -0.2) is 40.4 Å². The van der Waals surface area contributed by atoms with E-state index in [1.54, 1.807) is 11.8 Å². The lowest BCUT2D eigenvalue weighted by Crippen LogP contribution is -2.48. The fourth-order valence-electron chi connectivity index (χ4n) is 1.94. The quantitative estimate of drug-likeness (QED) is 0.824. The summed E-state index contributed by atoms with van der Waals surface area (Å²) in [6, 6.07) is 0.279. The molecule has 1 saturated heterocycles. The van der Waals surface area contributed by atoms with Crippen LogP contribution in [0.5, 0.6) is 0 Å². The van der Waals surface area contributed by atoms with Crippen LogP contribution in [-0.2, 0) is 4.79 Å². The van der Waals surface area contributed by atoms with Gasteiger partial charge in [-0.25, -0.2) is 0 Å². The Hall–Kier alpha value is -0.220. The molecule has 1 amide bonds. The van der Waals surface area contributed by atoms with E-state index in [1.165, 1.54) is 6.42 Å². The lowest BCUT2D eigenvalue weighted by Gasteiger charge is -2.35. The van der Waals surface area contributed by atoms with Gasteiger partial charge in [-0.1, -0.05) is 20.8 Å². The summed E-state index contributed by atoms with van der Waals surface area (Å²) in [5, 5.41) is 0. The maximum Gasteiger partial charge on any atom is 0.232 e. The van der Waals surface area contributed by atoms with Gasteiger partial charge < -0.3 is 10.6 Å². The SMILES string of the molecule is CC(C)(C)SCC(=O)N1CCCCC1CN. The summed E-state index contributed by atoms with van der Waals surface area (Å²) in [7, 11) is 0. The number of piperidine rings is 1. The topological polar surface area (TPSA) is 46.3 Å². The van der Waals surface area contributed by atoms with Gasteiger partial charge in [0.2, 0.25) is 5.91 Å². The van der Waals surface area contributed by atoms with E-state index in [0.717, 1.165) is 19.4 Å². The third kappa shape index (κ3) is 4.34. The Labute approximate surface area is 103 Å². The van der Waals surface area contributed by atoms with Crippen LogP contribution in [0.3, 0.4) is 0 Å². The molecule has 1 rings (SSSR count). The molecule has 0 aromatic rings. The molecule has 1 aliphatic heterocycles. The second-order valence-electron chi connectivity index (χ2n) is 5.37. The second-order valence-corrected chi connectivity index (χ2v) is 7.18. The number of likely N-dealkylation sites (tertiary alicyclic amines) is 1. The van der Waals surface area contributed by atoms with Crippen LogP contribution in [0.1, 0.15) is 40.0 Å². The Morgan fingerprint density at radius 1 is 1.44 bits per heavy atom. The van der Waals surface area contributed by atoms with Gasteiger partial charge in [-0.05, 0) is 19.3 Å². The fourth-order valence-corrected chi connectivity index (χ4v) is 2.66. The highest BCUT2D eigenvalue weighted by atomic mass is 32.2. The standard InChI is InChI=1S/C12H24N2OS/c1-12(2,3)16-9-11(15)14-7-5-4-6-10(14)8-13/h10H,4-9,13H2,1-3H3. The van der Waals surface area contributed by atoms with Gasteiger partial charge in [-0.15, -0.1) is 11.8 Å². The maximum absolute atomic E-state index is 12.1. The molecule has 2 N–H and O–H groups in total. The molecule has 94 valence electrons. The first-order chi connectivity index (χ1) is 7.44. The van der Waals surface area contributed by atoms with Crippen LogP contribution < -0.4 is 5.73 Å². The number of thioether (sulfide) groups is 1. The Morgan fingerprint density at radius 3 is 2.69 bits per heavy atom. The zero-order valence-corrected chi connectivity index (χ0v) is 11.5. The summed E-state index contributed by atoms with van der Waals surface area (Å²) < 4.78 is 0.156. The number of hydrogen-bond donors (Lipinski definition) is 1. The summed E-state index contributed by atoms with van der Waals surface area (Å²) in [5.41, 5.74) is 5.71. The fraction of sp³-hybridized carbons (Fsp3) is 0.917. The molecule has 1 heterocycles. The van der Waals surface area contributed by atoms with Crippen molar-refractivity contribution in [3.8, 4) is 0 Å². The third-order valence-electron chi connectivity index (χ3n) is 2.85. The highest BCUT2D eigenvalue weighted by Crippen LogP contribution is 2.25. The molecule has 1 fully saturated rings. The number of carbonyl (C=O) groups is 1. The average molecular weight is 244 g/mol. The molecule has 4 heteroatoms. The average Bonchev–Trinajstić information content (AvgIpc) is 2.25. The van der Waals surface area contributed by atoms with E-state index in [9.17, 15) is 4.79 Å². The highest BCUT2D eigenvalue weighted by Gasteiger charge is 2.26. The lowest BCUT2D eigenvalue weighted by molar-refractivity contribution is -0.131. The van der Waals surface area contributed by atoms with E-state index < -0.39 is 0 Å². The predicted octanol–water partition coefficient (Wildman–Crippen LogP) is 1.86. The molecule has 0 spiro atoms. The van der Waals surface area contributed by atoms with Crippen molar-refractivity contribution in [3.63, 3.8) is 0 Å². The first kappa shape index (κ1) is 13.8. The van der Waals surface area contributed by atoms with Gasteiger partial charge in [-0.3, -0.25) is 4.79 Å². The zero-order chi connectivity index (χ0) is 12.2. The summed E-state index contributed by atoms with van der Waals surface area (Å²) >= 11 is 1.72. The second kappa shape index (κ2) is 5.92. The minimum Gasteiger partial charge on any atom is -0.338 e. The van der Waals surface area contributed by atoms with Crippen molar-refractivity contribution >= 4 is 17.7 Å². The molecular formula is C12H24N2OS. The van der Waals surface area contributed by atoms with Gasteiger partial charge >= 0.3 is 0 Å². The van der Waals surface area contributed by atoms with E-state index in [0.29, 0.717) is 12.3 Å². The molecule has 3 nitrogen and oxygen atoms in total. The van der Waals surface area contributed by atoms with Crippen LogP contribution in [0.25, 0.3) is 0 Å². The zero-order valence-electron chi connectivity index (χ0n) is 10.7. The van der Waals surface area contributed by atoms with E-state index in [1.807, 2.05) is 4.90 Å². The number of carbonyl (C=O) groups excluding carboxylic acids is 1. The lowest BCUT2D eigenvalue weighted by atomic mass is 10.0. The summed E-state index contributed by atoms with van der Waals surface area (Å²) in [5.74, 6) is 0.843. The monoisotopic (exact) mass is 244 g/mol. The van der Waals surface area contributed by atoms with Crippen molar-refractivity contribution < 1.29 is 4.79 Å². The van der Waals surface area contributed by atoms with Crippen molar-refractivity contribution in [2.24, 2.45) is 5.73 Å².